The van der Waals surface area contributed by atoms with E-state index in [1.54, 1.807) is 25.3 Å². The molecular weight excluding hydrogens is 258 g/mol. The molecule has 0 saturated carbocycles. The minimum absolute atomic E-state index is 0.0588. The van der Waals surface area contributed by atoms with Gasteiger partial charge in [0, 0.05) is 33.7 Å². The normalized spacial score (nSPS) is 19.3. The molecule has 8 nitrogen and oxygen atoms in total. The topological polar surface area (TPSA) is 90.0 Å². The quantitative estimate of drug-likeness (QED) is 0.747. The van der Waals surface area contributed by atoms with E-state index in [1.165, 1.54) is 6.33 Å². The number of aromatic nitrogens is 4. The van der Waals surface area contributed by atoms with Crippen molar-refractivity contribution >= 4 is 22.9 Å². The van der Waals surface area contributed by atoms with Crippen LogP contribution in [0.4, 0.5) is 5.82 Å². The zero-order chi connectivity index (χ0) is 14.1. The number of imidazole rings is 1. The van der Waals surface area contributed by atoms with Gasteiger partial charge in [-0.1, -0.05) is 0 Å². The number of hydrogen-bond donors (Lipinski definition) is 2. The fourth-order valence-electron chi connectivity index (χ4n) is 2.45. The molecule has 0 aliphatic carbocycles. The van der Waals surface area contributed by atoms with Crippen LogP contribution in [-0.4, -0.2) is 70.5 Å². The monoisotopic (exact) mass is 275 g/mol. The lowest BCUT2D eigenvalue weighted by molar-refractivity contribution is -0.130. The second kappa shape index (κ2) is 5.04. The number of rotatable bonds is 2. The van der Waals surface area contributed by atoms with Crippen molar-refractivity contribution in [2.75, 3.05) is 38.6 Å². The van der Waals surface area contributed by atoms with Crippen LogP contribution in [0.3, 0.4) is 0 Å². The largest absolute Gasteiger partial charge is 0.347 e. The van der Waals surface area contributed by atoms with Crippen molar-refractivity contribution in [3.05, 3.63) is 12.7 Å². The zero-order valence-corrected chi connectivity index (χ0v) is 11.5. The molecule has 0 aromatic carbocycles. The summed E-state index contributed by atoms with van der Waals surface area (Å²) < 4.78 is 0. The van der Waals surface area contributed by atoms with Crippen molar-refractivity contribution in [3.8, 4) is 0 Å². The SMILES string of the molecule is CN(C)C(=O)C1CNCCN1c1ncnc2nc[nH]c12. The number of nitrogens with zero attached hydrogens (tertiary/aromatic N) is 5. The summed E-state index contributed by atoms with van der Waals surface area (Å²) in [5.41, 5.74) is 1.38. The Morgan fingerprint density at radius 2 is 2.25 bits per heavy atom. The van der Waals surface area contributed by atoms with E-state index >= 15 is 0 Å². The standard InChI is InChI=1S/C12H17N7O/c1-18(2)12(20)8-5-13-3-4-19(8)11-9-10(15-6-14-9)16-7-17-11/h6-8,13H,3-5H2,1-2H3,(H,14,15,16,17). The maximum Gasteiger partial charge on any atom is 0.246 e. The van der Waals surface area contributed by atoms with Gasteiger partial charge < -0.3 is 20.1 Å². The Hall–Kier alpha value is -2.22. The number of carbonyl (C=O) groups excluding carboxylic acids is 1. The molecule has 1 atom stereocenters. The first kappa shape index (κ1) is 12.8. The highest BCUT2D eigenvalue weighted by Crippen LogP contribution is 2.23. The lowest BCUT2D eigenvalue weighted by Crippen LogP contribution is -2.58. The second-order valence-corrected chi connectivity index (χ2v) is 4.94. The summed E-state index contributed by atoms with van der Waals surface area (Å²) in [6.45, 7) is 2.14. The van der Waals surface area contributed by atoms with E-state index in [-0.39, 0.29) is 11.9 Å². The van der Waals surface area contributed by atoms with Crippen LogP contribution in [0.15, 0.2) is 12.7 Å². The number of carbonyl (C=O) groups is 1. The molecule has 1 aliphatic heterocycles. The molecular formula is C12H17N7O. The van der Waals surface area contributed by atoms with E-state index < -0.39 is 0 Å². The summed E-state index contributed by atoms with van der Waals surface area (Å²) in [5, 5.41) is 3.25. The third-order valence-corrected chi connectivity index (χ3v) is 3.44. The molecule has 2 aromatic heterocycles. The van der Waals surface area contributed by atoms with Crippen LogP contribution >= 0.6 is 0 Å². The molecule has 0 bridgehead atoms. The summed E-state index contributed by atoms with van der Waals surface area (Å²) in [5.74, 6) is 0.790. The van der Waals surface area contributed by atoms with Crippen molar-refractivity contribution in [2.45, 2.75) is 6.04 Å². The smallest absolute Gasteiger partial charge is 0.246 e. The molecule has 3 heterocycles. The molecule has 1 unspecified atom stereocenters. The van der Waals surface area contributed by atoms with Gasteiger partial charge >= 0.3 is 0 Å². The highest BCUT2D eigenvalue weighted by molar-refractivity contribution is 5.89. The number of H-pyrrole nitrogens is 1. The van der Waals surface area contributed by atoms with Gasteiger partial charge in [0.05, 0.1) is 6.33 Å². The molecule has 106 valence electrons. The predicted octanol–water partition coefficient (Wildman–Crippen LogP) is -0.781. The number of piperazine rings is 1. The fourth-order valence-corrected chi connectivity index (χ4v) is 2.45. The van der Waals surface area contributed by atoms with E-state index in [9.17, 15) is 4.79 Å². The average Bonchev–Trinajstić information content (AvgIpc) is 2.94. The lowest BCUT2D eigenvalue weighted by atomic mass is 10.1. The van der Waals surface area contributed by atoms with E-state index in [1.807, 2.05) is 4.90 Å². The molecule has 1 amide bonds. The molecule has 20 heavy (non-hydrogen) atoms. The van der Waals surface area contributed by atoms with Gasteiger partial charge in [-0.15, -0.1) is 0 Å². The van der Waals surface area contributed by atoms with Gasteiger partial charge in [-0.2, -0.15) is 0 Å². The van der Waals surface area contributed by atoms with Crippen LogP contribution in [0, 0.1) is 0 Å². The third-order valence-electron chi connectivity index (χ3n) is 3.44. The Morgan fingerprint density at radius 3 is 3.05 bits per heavy atom. The molecule has 1 fully saturated rings. The number of likely N-dealkylation sites (N-methyl/N-ethyl adjacent to an activating group) is 1. The molecule has 2 N–H and O–H groups in total. The van der Waals surface area contributed by atoms with Gasteiger partial charge in [0.1, 0.15) is 17.9 Å². The maximum absolute atomic E-state index is 12.3. The van der Waals surface area contributed by atoms with Gasteiger partial charge in [-0.3, -0.25) is 4.79 Å². The van der Waals surface area contributed by atoms with Gasteiger partial charge in [0.15, 0.2) is 11.5 Å². The van der Waals surface area contributed by atoms with Crippen molar-refractivity contribution in [1.29, 1.82) is 0 Å². The fraction of sp³-hybridized carbons (Fsp3) is 0.500. The number of fused-ring (bicyclic) bond motifs is 1. The second-order valence-electron chi connectivity index (χ2n) is 4.94. The Balaban J connectivity index is 2.01. The lowest BCUT2D eigenvalue weighted by Gasteiger charge is -2.37. The van der Waals surface area contributed by atoms with Crippen LogP contribution in [0.1, 0.15) is 0 Å². The number of hydrogen-bond acceptors (Lipinski definition) is 6. The van der Waals surface area contributed by atoms with Crippen molar-refractivity contribution < 1.29 is 4.79 Å². The first-order valence-corrected chi connectivity index (χ1v) is 6.51. The molecule has 8 heteroatoms. The number of amides is 1. The summed E-state index contributed by atoms with van der Waals surface area (Å²) >= 11 is 0. The Kier molecular flexibility index (Phi) is 3.23. The summed E-state index contributed by atoms with van der Waals surface area (Å²) in [6, 6.07) is -0.264. The average molecular weight is 275 g/mol. The van der Waals surface area contributed by atoms with Crippen LogP contribution in [0.25, 0.3) is 11.2 Å². The highest BCUT2D eigenvalue weighted by atomic mass is 16.2. The van der Waals surface area contributed by atoms with Gasteiger partial charge in [-0.05, 0) is 0 Å². The first-order chi connectivity index (χ1) is 9.68. The number of nitrogens with one attached hydrogen (secondary N) is 2. The van der Waals surface area contributed by atoms with Crippen LogP contribution < -0.4 is 10.2 Å². The Morgan fingerprint density at radius 1 is 1.40 bits per heavy atom. The minimum atomic E-state index is -0.264. The number of anilines is 1. The maximum atomic E-state index is 12.3. The van der Waals surface area contributed by atoms with Gasteiger partial charge in [-0.25, -0.2) is 15.0 Å². The van der Waals surface area contributed by atoms with Crippen LogP contribution in [0.2, 0.25) is 0 Å². The zero-order valence-electron chi connectivity index (χ0n) is 11.5. The molecule has 1 aliphatic rings. The van der Waals surface area contributed by atoms with E-state index in [2.05, 4.69) is 25.3 Å². The Bertz CT molecular complexity index is 623. The molecule has 0 radical (unpaired) electrons. The van der Waals surface area contributed by atoms with Gasteiger partial charge in [0.25, 0.3) is 0 Å². The summed E-state index contributed by atoms with van der Waals surface area (Å²) in [4.78, 5) is 31.6. The van der Waals surface area contributed by atoms with Crippen molar-refractivity contribution in [3.63, 3.8) is 0 Å². The van der Waals surface area contributed by atoms with Gasteiger partial charge in [0.2, 0.25) is 5.91 Å². The first-order valence-electron chi connectivity index (χ1n) is 6.51. The van der Waals surface area contributed by atoms with E-state index in [0.717, 1.165) is 24.4 Å². The summed E-state index contributed by atoms with van der Waals surface area (Å²) in [6.07, 6.45) is 3.07. The van der Waals surface area contributed by atoms with Crippen LogP contribution in [-0.2, 0) is 4.79 Å². The van der Waals surface area contributed by atoms with Crippen molar-refractivity contribution in [1.82, 2.24) is 30.2 Å². The number of aromatic amines is 1. The molecule has 2 aromatic rings. The van der Waals surface area contributed by atoms with Crippen LogP contribution in [0.5, 0.6) is 0 Å². The summed E-state index contributed by atoms with van der Waals surface area (Å²) in [7, 11) is 3.53. The highest BCUT2D eigenvalue weighted by Gasteiger charge is 2.31. The van der Waals surface area contributed by atoms with E-state index in [0.29, 0.717) is 12.2 Å². The van der Waals surface area contributed by atoms with Crippen molar-refractivity contribution in [2.24, 2.45) is 0 Å². The molecule has 1 saturated heterocycles. The Labute approximate surface area is 116 Å². The minimum Gasteiger partial charge on any atom is -0.347 e. The molecule has 3 rings (SSSR count). The van der Waals surface area contributed by atoms with E-state index in [4.69, 9.17) is 0 Å². The predicted molar refractivity (Wildman–Crippen MR) is 74.4 cm³/mol. The molecule has 0 spiro atoms. The third kappa shape index (κ3) is 2.07.